The van der Waals surface area contributed by atoms with Gasteiger partial charge in [0.1, 0.15) is 11.0 Å². The summed E-state index contributed by atoms with van der Waals surface area (Å²) >= 11 is 6.25. The number of halogens is 4. The average molecular weight is 539 g/mol. The Balaban J connectivity index is 1.63. The Bertz CT molecular complexity index is 1640. The molecule has 38 heavy (non-hydrogen) atoms. The van der Waals surface area contributed by atoms with E-state index in [1.807, 2.05) is 0 Å². The zero-order valence-corrected chi connectivity index (χ0v) is 20.1. The number of pyridine rings is 2. The summed E-state index contributed by atoms with van der Waals surface area (Å²) in [6.07, 6.45) is -3.65. The number of nitrogens with zero attached hydrogens (tertiary/aromatic N) is 4. The largest absolute Gasteiger partial charge is 0.417 e. The Morgan fingerprint density at radius 1 is 1.05 bits per heavy atom. The van der Waals surface area contributed by atoms with Gasteiger partial charge in [0, 0.05) is 28.5 Å². The molecule has 5 rings (SSSR count). The van der Waals surface area contributed by atoms with Crippen molar-refractivity contribution in [3.8, 4) is 16.9 Å². The Labute approximate surface area is 218 Å². The van der Waals surface area contributed by atoms with Crippen LogP contribution < -0.4 is 11.1 Å². The van der Waals surface area contributed by atoms with Crippen molar-refractivity contribution in [2.45, 2.75) is 12.4 Å². The number of nitrogens with one attached hydrogen (secondary N) is 1. The van der Waals surface area contributed by atoms with Crippen LogP contribution in [0.15, 0.2) is 79.1 Å². The summed E-state index contributed by atoms with van der Waals surface area (Å²) in [6, 6.07) is 16.8. The first-order valence-electron chi connectivity index (χ1n) is 11.1. The van der Waals surface area contributed by atoms with Gasteiger partial charge in [0.15, 0.2) is 12.0 Å². The topological polar surface area (TPSA) is 119 Å². The minimum atomic E-state index is -4.71. The number of para-hydroxylation sites is 1. The van der Waals surface area contributed by atoms with Gasteiger partial charge in [-0.15, -0.1) is 0 Å². The van der Waals surface area contributed by atoms with Crippen molar-refractivity contribution < 1.29 is 23.1 Å². The van der Waals surface area contributed by atoms with Gasteiger partial charge in [-0.3, -0.25) is 9.78 Å². The third-order valence-electron chi connectivity index (χ3n) is 5.75. The fourth-order valence-corrected chi connectivity index (χ4v) is 4.23. The minimum Gasteiger partial charge on any atom is -0.369 e. The number of anilines is 1. The van der Waals surface area contributed by atoms with E-state index in [4.69, 9.17) is 17.3 Å². The third kappa shape index (κ3) is 4.76. The van der Waals surface area contributed by atoms with Gasteiger partial charge in [0.25, 0.3) is 0 Å². The summed E-state index contributed by atoms with van der Waals surface area (Å²) in [5.74, 6) is -0.480. The molecule has 192 valence electrons. The van der Waals surface area contributed by atoms with Crippen molar-refractivity contribution in [2.24, 2.45) is 5.73 Å². The lowest BCUT2D eigenvalue weighted by Crippen LogP contribution is -2.16. The maximum atomic E-state index is 13.8. The number of rotatable bonds is 6. The number of primary amides is 1. The van der Waals surface area contributed by atoms with E-state index in [1.54, 1.807) is 42.5 Å². The number of carbonyl (C=O) groups excluding carboxylic acids is 1. The van der Waals surface area contributed by atoms with E-state index in [1.165, 1.54) is 29.2 Å². The van der Waals surface area contributed by atoms with Gasteiger partial charge in [-0.1, -0.05) is 35.9 Å². The highest BCUT2D eigenvalue weighted by Gasteiger charge is 2.35. The van der Waals surface area contributed by atoms with Crippen LogP contribution in [-0.2, 0) is 6.18 Å². The standard InChI is InChI=1S/C26H18ClF3N6O2/c27-19-12-18(26(28,29)30)16(20-8-4-5-9-32-20)11-17(19)25(38)34-24-22-21(10-14(13-33-22)23(31)37)35-36(24)15-6-2-1-3-7-15/h1-13,25,34,38H,(H2,31,37). The molecule has 0 saturated heterocycles. The van der Waals surface area contributed by atoms with E-state index in [0.29, 0.717) is 11.2 Å². The lowest BCUT2D eigenvalue weighted by molar-refractivity contribution is -0.137. The monoisotopic (exact) mass is 538 g/mol. The second-order valence-corrected chi connectivity index (χ2v) is 8.64. The number of aliphatic hydroxyl groups is 1. The molecular weight excluding hydrogens is 521 g/mol. The Hall–Kier alpha value is -4.48. The van der Waals surface area contributed by atoms with E-state index < -0.39 is 23.9 Å². The molecule has 0 aliphatic heterocycles. The highest BCUT2D eigenvalue weighted by Crippen LogP contribution is 2.41. The zero-order valence-electron chi connectivity index (χ0n) is 19.3. The van der Waals surface area contributed by atoms with Crippen LogP contribution in [0.2, 0.25) is 5.02 Å². The Morgan fingerprint density at radius 3 is 2.45 bits per heavy atom. The Kier molecular flexibility index (Phi) is 6.47. The molecule has 1 amide bonds. The normalized spacial score (nSPS) is 12.4. The van der Waals surface area contributed by atoms with Crippen molar-refractivity contribution in [3.05, 3.63) is 101 Å². The number of fused-ring (bicyclic) bond motifs is 1. The van der Waals surface area contributed by atoms with E-state index in [0.717, 1.165) is 12.1 Å². The molecule has 0 radical (unpaired) electrons. The molecule has 0 fully saturated rings. The van der Waals surface area contributed by atoms with Gasteiger partial charge in [0.2, 0.25) is 5.91 Å². The van der Waals surface area contributed by atoms with Crippen molar-refractivity contribution in [3.63, 3.8) is 0 Å². The number of amides is 1. The van der Waals surface area contributed by atoms with E-state index in [9.17, 15) is 23.1 Å². The highest BCUT2D eigenvalue weighted by molar-refractivity contribution is 6.31. The molecule has 3 aromatic heterocycles. The predicted octanol–water partition coefficient (Wildman–Crippen LogP) is 5.36. The number of nitrogens with two attached hydrogens (primary N) is 1. The molecule has 0 bridgehead atoms. The summed E-state index contributed by atoms with van der Waals surface area (Å²) in [4.78, 5) is 20.0. The quantitative estimate of drug-likeness (QED) is 0.251. The van der Waals surface area contributed by atoms with Crippen LogP contribution in [0.1, 0.15) is 27.7 Å². The lowest BCUT2D eigenvalue weighted by Gasteiger charge is -2.20. The first kappa shape index (κ1) is 25.2. The number of carbonyl (C=O) groups is 1. The number of alkyl halides is 3. The molecule has 0 aliphatic carbocycles. The summed E-state index contributed by atoms with van der Waals surface area (Å²) in [5, 5.41) is 18.2. The lowest BCUT2D eigenvalue weighted by atomic mass is 9.99. The average Bonchev–Trinajstić information content (AvgIpc) is 3.26. The maximum Gasteiger partial charge on any atom is 0.417 e. The van der Waals surface area contributed by atoms with Crippen LogP contribution in [0.3, 0.4) is 0 Å². The summed E-state index contributed by atoms with van der Waals surface area (Å²) in [5.41, 5.74) is 5.48. The fourth-order valence-electron chi connectivity index (χ4n) is 3.97. The maximum absolute atomic E-state index is 13.8. The Morgan fingerprint density at radius 2 is 1.79 bits per heavy atom. The molecule has 8 nitrogen and oxygen atoms in total. The second kappa shape index (κ2) is 9.77. The molecule has 2 aromatic carbocycles. The molecule has 5 aromatic rings. The smallest absolute Gasteiger partial charge is 0.369 e. The number of hydrogen-bond donors (Lipinski definition) is 3. The molecule has 0 aliphatic rings. The van der Waals surface area contributed by atoms with Crippen LogP contribution in [-0.4, -0.2) is 30.8 Å². The summed E-state index contributed by atoms with van der Waals surface area (Å²) < 4.78 is 43.0. The van der Waals surface area contributed by atoms with Crippen molar-refractivity contribution in [1.29, 1.82) is 0 Å². The molecule has 1 unspecified atom stereocenters. The first-order chi connectivity index (χ1) is 18.1. The predicted molar refractivity (Wildman–Crippen MR) is 136 cm³/mol. The number of hydrogen-bond acceptors (Lipinski definition) is 6. The van der Waals surface area contributed by atoms with Gasteiger partial charge >= 0.3 is 6.18 Å². The van der Waals surface area contributed by atoms with Crippen LogP contribution in [0.25, 0.3) is 28.0 Å². The summed E-state index contributed by atoms with van der Waals surface area (Å²) in [6.45, 7) is 0. The highest BCUT2D eigenvalue weighted by atomic mass is 35.5. The molecule has 1 atom stereocenters. The van der Waals surface area contributed by atoms with E-state index in [2.05, 4.69) is 20.4 Å². The third-order valence-corrected chi connectivity index (χ3v) is 6.08. The molecule has 4 N–H and O–H groups in total. The summed E-state index contributed by atoms with van der Waals surface area (Å²) in [7, 11) is 0. The van der Waals surface area contributed by atoms with Crippen molar-refractivity contribution in [2.75, 3.05) is 5.32 Å². The number of aliphatic hydroxyl groups excluding tert-OH is 1. The number of benzene rings is 2. The van der Waals surface area contributed by atoms with Crippen molar-refractivity contribution in [1.82, 2.24) is 19.7 Å². The molecule has 12 heteroatoms. The van der Waals surface area contributed by atoms with Crippen molar-refractivity contribution >= 4 is 34.4 Å². The fraction of sp³-hybridized carbons (Fsp3) is 0.0769. The van der Waals surface area contributed by atoms with Gasteiger partial charge in [-0.25, -0.2) is 9.67 Å². The van der Waals surface area contributed by atoms with Crippen LogP contribution >= 0.6 is 11.6 Å². The molecule has 0 saturated carbocycles. The molecular formula is C26H18ClF3N6O2. The van der Waals surface area contributed by atoms with Gasteiger partial charge in [0.05, 0.1) is 22.5 Å². The van der Waals surface area contributed by atoms with Crippen LogP contribution in [0.5, 0.6) is 0 Å². The first-order valence-corrected chi connectivity index (χ1v) is 11.5. The van der Waals surface area contributed by atoms with E-state index in [-0.39, 0.29) is 38.7 Å². The SMILES string of the molecule is NC(=O)c1cnc2c(NC(O)c3cc(-c4ccccn4)c(C(F)(F)F)cc3Cl)n(-c3ccccc3)nc2c1. The zero-order chi connectivity index (χ0) is 27.0. The minimum absolute atomic E-state index is 0.0250. The van der Waals surface area contributed by atoms with Crippen LogP contribution in [0, 0.1) is 0 Å². The van der Waals surface area contributed by atoms with Crippen LogP contribution in [0.4, 0.5) is 19.0 Å². The van der Waals surface area contributed by atoms with Gasteiger partial charge in [-0.05, 0) is 42.5 Å². The van der Waals surface area contributed by atoms with E-state index >= 15 is 0 Å². The second-order valence-electron chi connectivity index (χ2n) is 8.23. The molecule has 3 heterocycles. The number of aromatic nitrogens is 4. The van der Waals surface area contributed by atoms with Gasteiger partial charge in [-0.2, -0.15) is 18.3 Å². The van der Waals surface area contributed by atoms with Gasteiger partial charge < -0.3 is 16.2 Å². The molecule has 0 spiro atoms.